The van der Waals surface area contributed by atoms with Gasteiger partial charge in [0.1, 0.15) is 11.6 Å². The van der Waals surface area contributed by atoms with Crippen molar-refractivity contribution in [2.75, 3.05) is 11.9 Å². The Bertz CT molecular complexity index is 644. The number of carboxylic acids is 1. The van der Waals surface area contributed by atoms with Crippen molar-refractivity contribution in [3.05, 3.63) is 53.5 Å². The van der Waals surface area contributed by atoms with E-state index in [9.17, 15) is 9.18 Å². The number of aryl methyl sites for hydroxylation is 1. The molecule has 0 unspecified atom stereocenters. The second-order valence-electron chi connectivity index (χ2n) is 4.40. The Morgan fingerprint density at radius 3 is 2.70 bits per heavy atom. The number of halogens is 1. The molecule has 1 N–H and O–H groups in total. The molecule has 0 atom stereocenters. The van der Waals surface area contributed by atoms with Gasteiger partial charge >= 0.3 is 5.97 Å². The first-order valence-electron chi connectivity index (χ1n) is 6.25. The molecular formula is C15H15FN2O2. The first-order chi connectivity index (χ1) is 9.51. The van der Waals surface area contributed by atoms with Crippen LogP contribution in [0, 0.1) is 5.82 Å². The lowest BCUT2D eigenvalue weighted by Crippen LogP contribution is -2.13. The van der Waals surface area contributed by atoms with Gasteiger partial charge in [-0.1, -0.05) is 13.0 Å². The Morgan fingerprint density at radius 2 is 2.10 bits per heavy atom. The van der Waals surface area contributed by atoms with Crippen LogP contribution in [0.15, 0.2) is 36.4 Å². The van der Waals surface area contributed by atoms with Crippen molar-refractivity contribution in [3.8, 4) is 0 Å². The molecule has 0 radical (unpaired) electrons. The summed E-state index contributed by atoms with van der Waals surface area (Å²) in [6.45, 7) is 1.90. The van der Waals surface area contributed by atoms with E-state index in [0.717, 1.165) is 0 Å². The third-order valence-electron chi connectivity index (χ3n) is 3.01. The van der Waals surface area contributed by atoms with E-state index in [1.54, 1.807) is 30.1 Å². The van der Waals surface area contributed by atoms with Gasteiger partial charge in [0, 0.05) is 18.4 Å². The summed E-state index contributed by atoms with van der Waals surface area (Å²) in [6, 6.07) is 9.10. The first-order valence-corrected chi connectivity index (χ1v) is 6.25. The summed E-state index contributed by atoms with van der Waals surface area (Å²) >= 11 is 0. The summed E-state index contributed by atoms with van der Waals surface area (Å²) in [7, 11) is 1.72. The fourth-order valence-electron chi connectivity index (χ4n) is 1.87. The molecule has 0 aliphatic carbocycles. The highest BCUT2D eigenvalue weighted by Crippen LogP contribution is 2.24. The van der Waals surface area contributed by atoms with Crippen molar-refractivity contribution >= 4 is 17.5 Å². The summed E-state index contributed by atoms with van der Waals surface area (Å²) in [5.41, 5.74) is 1.47. The van der Waals surface area contributed by atoms with E-state index in [0.29, 0.717) is 23.6 Å². The van der Waals surface area contributed by atoms with Gasteiger partial charge in [-0.15, -0.1) is 0 Å². The number of aromatic carboxylic acids is 1. The summed E-state index contributed by atoms with van der Waals surface area (Å²) in [5, 5.41) is 9.12. The van der Waals surface area contributed by atoms with Crippen molar-refractivity contribution in [3.63, 3.8) is 0 Å². The first kappa shape index (κ1) is 14.0. The average Bonchev–Trinajstić information content (AvgIpc) is 2.45. The molecule has 0 aliphatic heterocycles. The number of anilines is 2. The quantitative estimate of drug-likeness (QED) is 0.929. The van der Waals surface area contributed by atoms with Crippen LogP contribution in [0.5, 0.6) is 0 Å². The van der Waals surface area contributed by atoms with E-state index in [-0.39, 0.29) is 11.4 Å². The van der Waals surface area contributed by atoms with Crippen LogP contribution in [-0.2, 0) is 6.42 Å². The minimum absolute atomic E-state index is 0.176. The maximum Gasteiger partial charge on any atom is 0.335 e. The lowest BCUT2D eigenvalue weighted by molar-refractivity contribution is 0.0696. The molecule has 0 spiro atoms. The minimum Gasteiger partial charge on any atom is -0.478 e. The fraction of sp³-hybridized carbons (Fsp3) is 0.200. The van der Waals surface area contributed by atoms with E-state index in [4.69, 9.17) is 5.11 Å². The van der Waals surface area contributed by atoms with Crippen LogP contribution < -0.4 is 4.90 Å². The zero-order valence-electron chi connectivity index (χ0n) is 11.3. The van der Waals surface area contributed by atoms with Crippen molar-refractivity contribution in [2.24, 2.45) is 0 Å². The van der Waals surface area contributed by atoms with Crippen LogP contribution in [0.2, 0.25) is 0 Å². The van der Waals surface area contributed by atoms with E-state index in [1.807, 2.05) is 6.92 Å². The number of nitrogens with zero attached hydrogens (tertiary/aromatic N) is 2. The highest BCUT2D eigenvalue weighted by molar-refractivity contribution is 5.89. The third kappa shape index (κ3) is 2.93. The molecule has 1 aromatic carbocycles. The predicted molar refractivity (Wildman–Crippen MR) is 75.0 cm³/mol. The van der Waals surface area contributed by atoms with Crippen LogP contribution in [0.1, 0.15) is 23.0 Å². The Morgan fingerprint density at radius 1 is 1.35 bits per heavy atom. The minimum atomic E-state index is -1.00. The highest BCUT2D eigenvalue weighted by Gasteiger charge is 2.12. The van der Waals surface area contributed by atoms with Gasteiger partial charge in [-0.05, 0) is 36.8 Å². The molecule has 20 heavy (non-hydrogen) atoms. The molecule has 1 heterocycles. The molecule has 5 heteroatoms. The van der Waals surface area contributed by atoms with Crippen molar-refractivity contribution < 1.29 is 14.3 Å². The van der Waals surface area contributed by atoms with Crippen molar-refractivity contribution in [1.82, 2.24) is 4.98 Å². The molecule has 4 nitrogen and oxygen atoms in total. The number of aromatic nitrogens is 1. The monoisotopic (exact) mass is 274 g/mol. The molecule has 2 aromatic rings. The Kier molecular flexibility index (Phi) is 3.98. The number of carboxylic acid groups (broad SMARTS) is 1. The highest BCUT2D eigenvalue weighted by atomic mass is 19.1. The molecule has 0 amide bonds. The second kappa shape index (κ2) is 5.69. The van der Waals surface area contributed by atoms with Gasteiger partial charge in [0.2, 0.25) is 0 Å². The summed E-state index contributed by atoms with van der Waals surface area (Å²) < 4.78 is 13.3. The zero-order chi connectivity index (χ0) is 14.7. The lowest BCUT2D eigenvalue weighted by Gasteiger charge is -2.19. The lowest BCUT2D eigenvalue weighted by atomic mass is 10.2. The molecule has 104 valence electrons. The Labute approximate surface area is 116 Å². The van der Waals surface area contributed by atoms with E-state index in [1.165, 1.54) is 18.2 Å². The summed E-state index contributed by atoms with van der Waals surface area (Å²) in [6.07, 6.45) is 0.630. The average molecular weight is 274 g/mol. The number of hydrogen-bond acceptors (Lipinski definition) is 3. The molecule has 2 rings (SSSR count). The molecule has 0 bridgehead atoms. The molecule has 0 saturated carbocycles. The maximum absolute atomic E-state index is 13.3. The maximum atomic E-state index is 13.3. The molecule has 0 aliphatic rings. The zero-order valence-corrected chi connectivity index (χ0v) is 11.3. The fourth-order valence-corrected chi connectivity index (χ4v) is 1.87. The molecule has 0 fully saturated rings. The number of carbonyl (C=O) groups is 1. The topological polar surface area (TPSA) is 53.4 Å². The third-order valence-corrected chi connectivity index (χ3v) is 3.01. The van der Waals surface area contributed by atoms with Gasteiger partial charge in [-0.25, -0.2) is 14.2 Å². The van der Waals surface area contributed by atoms with Gasteiger partial charge in [-0.3, -0.25) is 0 Å². The number of pyridine rings is 1. The number of hydrogen-bond donors (Lipinski definition) is 1. The predicted octanol–water partition coefficient (Wildman–Crippen LogP) is 3.25. The summed E-state index contributed by atoms with van der Waals surface area (Å²) in [5.74, 6) is -0.872. The summed E-state index contributed by atoms with van der Waals surface area (Å²) in [4.78, 5) is 17.2. The second-order valence-corrected chi connectivity index (χ2v) is 4.40. The Hall–Kier alpha value is -2.43. The van der Waals surface area contributed by atoms with Gasteiger partial charge in [0.05, 0.1) is 5.56 Å². The SMILES string of the molecule is CCc1cc(C(=O)O)cc(N(C)c2cccc(F)c2)n1. The van der Waals surface area contributed by atoms with Crippen LogP contribution >= 0.6 is 0 Å². The van der Waals surface area contributed by atoms with Crippen molar-refractivity contribution in [2.45, 2.75) is 13.3 Å². The molecule has 1 aromatic heterocycles. The van der Waals surface area contributed by atoms with Crippen molar-refractivity contribution in [1.29, 1.82) is 0 Å². The van der Waals surface area contributed by atoms with Crippen LogP contribution in [0.4, 0.5) is 15.9 Å². The van der Waals surface area contributed by atoms with Gasteiger partial charge in [-0.2, -0.15) is 0 Å². The largest absolute Gasteiger partial charge is 0.478 e. The standard InChI is InChI=1S/C15H15FN2O2/c1-3-12-7-10(15(19)20)8-14(17-12)18(2)13-6-4-5-11(16)9-13/h4-9H,3H2,1-2H3,(H,19,20). The number of benzene rings is 1. The van der Waals surface area contributed by atoms with Crippen LogP contribution in [-0.4, -0.2) is 23.1 Å². The van der Waals surface area contributed by atoms with E-state index in [2.05, 4.69) is 4.98 Å². The molecular weight excluding hydrogens is 259 g/mol. The van der Waals surface area contributed by atoms with Gasteiger partial charge in [0.25, 0.3) is 0 Å². The molecule has 0 saturated heterocycles. The Balaban J connectivity index is 2.45. The van der Waals surface area contributed by atoms with Gasteiger partial charge in [0.15, 0.2) is 0 Å². The van der Waals surface area contributed by atoms with E-state index < -0.39 is 5.97 Å². The normalized spacial score (nSPS) is 10.3. The number of rotatable bonds is 4. The van der Waals surface area contributed by atoms with Gasteiger partial charge < -0.3 is 10.0 Å². The van der Waals surface area contributed by atoms with E-state index >= 15 is 0 Å². The van der Waals surface area contributed by atoms with Crippen LogP contribution in [0.25, 0.3) is 0 Å². The van der Waals surface area contributed by atoms with Crippen LogP contribution in [0.3, 0.4) is 0 Å². The smallest absolute Gasteiger partial charge is 0.335 e.